The van der Waals surface area contributed by atoms with Crippen LogP contribution in [-0.2, 0) is 9.59 Å². The van der Waals surface area contributed by atoms with Gasteiger partial charge in [-0.2, -0.15) is 5.26 Å². The molecule has 1 aromatic carbocycles. The second kappa shape index (κ2) is 8.20. The van der Waals surface area contributed by atoms with Crippen LogP contribution in [0.3, 0.4) is 0 Å². The van der Waals surface area contributed by atoms with Crippen molar-refractivity contribution in [2.45, 2.75) is 12.8 Å². The average molecular weight is 397 g/mol. The lowest BCUT2D eigenvalue weighted by molar-refractivity contribution is -0.137. The number of thioether (sulfide) groups is 1. The van der Waals surface area contributed by atoms with Crippen molar-refractivity contribution in [2.75, 3.05) is 6.54 Å². The zero-order chi connectivity index (χ0) is 19.4. The number of thiocarbonyl (C=S) groups is 1. The van der Waals surface area contributed by atoms with Gasteiger partial charge in [0, 0.05) is 30.5 Å². The highest BCUT2D eigenvalue weighted by molar-refractivity contribution is 8.26. The van der Waals surface area contributed by atoms with E-state index >= 15 is 0 Å². The van der Waals surface area contributed by atoms with Gasteiger partial charge in [0.1, 0.15) is 4.32 Å². The Kier molecular flexibility index (Phi) is 5.74. The molecule has 2 aromatic rings. The number of carboxylic acid groups (broad SMARTS) is 1. The van der Waals surface area contributed by atoms with Crippen molar-refractivity contribution in [3.63, 3.8) is 0 Å². The van der Waals surface area contributed by atoms with Crippen LogP contribution < -0.4 is 0 Å². The number of aromatic nitrogens is 1. The molecule has 0 unspecified atom stereocenters. The van der Waals surface area contributed by atoms with E-state index < -0.39 is 5.97 Å². The van der Waals surface area contributed by atoms with Gasteiger partial charge >= 0.3 is 5.97 Å². The van der Waals surface area contributed by atoms with E-state index in [9.17, 15) is 9.59 Å². The first kappa shape index (κ1) is 18.9. The number of carboxylic acids is 1. The van der Waals surface area contributed by atoms with E-state index in [4.69, 9.17) is 22.6 Å². The molecule has 2 heterocycles. The Labute approximate surface area is 165 Å². The van der Waals surface area contributed by atoms with Gasteiger partial charge in [-0.05, 0) is 42.8 Å². The number of rotatable bonds is 6. The molecular weight excluding hydrogens is 382 g/mol. The molecule has 27 heavy (non-hydrogen) atoms. The van der Waals surface area contributed by atoms with Gasteiger partial charge in [-0.25, -0.2) is 0 Å². The summed E-state index contributed by atoms with van der Waals surface area (Å²) in [7, 11) is 0. The van der Waals surface area contributed by atoms with Crippen molar-refractivity contribution in [1.29, 1.82) is 5.26 Å². The first-order chi connectivity index (χ1) is 13.0. The highest BCUT2D eigenvalue weighted by Crippen LogP contribution is 2.33. The molecule has 3 rings (SSSR count). The molecule has 1 saturated heterocycles. The minimum absolute atomic E-state index is 0.00576. The molecule has 0 atom stereocenters. The SMILES string of the molecule is N#Cc1cccc(-n2cccc2/C=C2/SC(=S)N(CCCC(=O)O)C2=O)c1. The van der Waals surface area contributed by atoms with Gasteiger partial charge in [0.25, 0.3) is 5.91 Å². The number of nitriles is 1. The van der Waals surface area contributed by atoms with Crippen LogP contribution in [0.5, 0.6) is 0 Å². The predicted octanol–water partition coefficient (Wildman–Crippen LogP) is 3.41. The summed E-state index contributed by atoms with van der Waals surface area (Å²) >= 11 is 6.47. The zero-order valence-corrected chi connectivity index (χ0v) is 15.8. The summed E-state index contributed by atoms with van der Waals surface area (Å²) in [6.45, 7) is 0.291. The highest BCUT2D eigenvalue weighted by Gasteiger charge is 2.31. The third-order valence-electron chi connectivity index (χ3n) is 3.96. The van der Waals surface area contributed by atoms with Gasteiger partial charge in [-0.15, -0.1) is 0 Å². The molecule has 1 amide bonds. The summed E-state index contributed by atoms with van der Waals surface area (Å²) in [6, 6.07) is 13.0. The number of carbonyl (C=O) groups is 2. The van der Waals surface area contributed by atoms with E-state index in [0.29, 0.717) is 27.8 Å². The van der Waals surface area contributed by atoms with E-state index in [1.54, 1.807) is 24.3 Å². The largest absolute Gasteiger partial charge is 0.481 e. The van der Waals surface area contributed by atoms with Crippen LogP contribution in [0.2, 0.25) is 0 Å². The fraction of sp³-hybridized carbons (Fsp3) is 0.158. The smallest absolute Gasteiger partial charge is 0.303 e. The molecule has 0 aliphatic carbocycles. The number of aliphatic carboxylic acids is 1. The average Bonchev–Trinajstić information content (AvgIpc) is 3.21. The Morgan fingerprint density at radius 2 is 2.15 bits per heavy atom. The molecule has 1 aliphatic rings. The Bertz CT molecular complexity index is 988. The lowest BCUT2D eigenvalue weighted by Gasteiger charge is -2.13. The summed E-state index contributed by atoms with van der Waals surface area (Å²) in [6.07, 6.45) is 3.96. The van der Waals surface area contributed by atoms with Crippen LogP contribution in [0.25, 0.3) is 11.8 Å². The molecular formula is C19H15N3O3S2. The topological polar surface area (TPSA) is 86.3 Å². The monoisotopic (exact) mass is 397 g/mol. The van der Waals surface area contributed by atoms with Gasteiger partial charge in [-0.1, -0.05) is 30.0 Å². The number of hydrogen-bond acceptors (Lipinski definition) is 5. The summed E-state index contributed by atoms with van der Waals surface area (Å²) in [5.74, 6) is -1.11. The van der Waals surface area contributed by atoms with Gasteiger partial charge in [0.15, 0.2) is 0 Å². The lowest BCUT2D eigenvalue weighted by atomic mass is 10.2. The van der Waals surface area contributed by atoms with Gasteiger partial charge in [0.2, 0.25) is 0 Å². The molecule has 8 heteroatoms. The molecule has 6 nitrogen and oxygen atoms in total. The number of nitrogens with zero attached hydrogens (tertiary/aromatic N) is 3. The summed E-state index contributed by atoms with van der Waals surface area (Å²) in [4.78, 5) is 25.2. The third kappa shape index (κ3) is 4.27. The predicted molar refractivity (Wildman–Crippen MR) is 107 cm³/mol. The quantitative estimate of drug-likeness (QED) is 0.594. The Morgan fingerprint density at radius 1 is 1.33 bits per heavy atom. The summed E-state index contributed by atoms with van der Waals surface area (Å²) in [5, 5.41) is 17.8. The van der Waals surface area contributed by atoms with Crippen molar-refractivity contribution < 1.29 is 14.7 Å². The molecule has 136 valence electrons. The van der Waals surface area contributed by atoms with Crippen LogP contribution in [0, 0.1) is 11.3 Å². The maximum Gasteiger partial charge on any atom is 0.303 e. The maximum absolute atomic E-state index is 12.6. The van der Waals surface area contributed by atoms with Gasteiger partial charge in [-0.3, -0.25) is 14.5 Å². The number of benzene rings is 1. The van der Waals surface area contributed by atoms with Crippen LogP contribution in [0.15, 0.2) is 47.5 Å². The zero-order valence-electron chi connectivity index (χ0n) is 14.2. The molecule has 1 fully saturated rings. The van der Waals surface area contributed by atoms with Crippen molar-refractivity contribution >= 4 is 46.3 Å². The number of carbonyl (C=O) groups excluding carboxylic acids is 1. The van der Waals surface area contributed by atoms with Crippen LogP contribution in [-0.4, -0.2) is 37.3 Å². The normalized spacial score (nSPS) is 15.4. The van der Waals surface area contributed by atoms with E-state index in [-0.39, 0.29) is 12.3 Å². The van der Waals surface area contributed by atoms with Crippen molar-refractivity contribution in [3.8, 4) is 11.8 Å². The Morgan fingerprint density at radius 3 is 2.89 bits per heavy atom. The van der Waals surface area contributed by atoms with Crippen LogP contribution >= 0.6 is 24.0 Å². The van der Waals surface area contributed by atoms with E-state index in [0.717, 1.165) is 11.4 Å². The number of hydrogen-bond donors (Lipinski definition) is 1. The molecule has 0 bridgehead atoms. The first-order valence-electron chi connectivity index (χ1n) is 8.14. The number of amides is 1. The molecule has 0 radical (unpaired) electrons. The summed E-state index contributed by atoms with van der Waals surface area (Å²) in [5.41, 5.74) is 2.16. The lowest BCUT2D eigenvalue weighted by Crippen LogP contribution is -2.29. The second-order valence-corrected chi connectivity index (χ2v) is 7.47. The molecule has 1 aliphatic heterocycles. The fourth-order valence-electron chi connectivity index (χ4n) is 2.69. The van der Waals surface area contributed by atoms with Crippen LogP contribution in [0.4, 0.5) is 0 Å². The minimum Gasteiger partial charge on any atom is -0.481 e. The molecule has 1 N–H and O–H groups in total. The Hall–Kier alpha value is -2.89. The first-order valence-corrected chi connectivity index (χ1v) is 9.37. The second-order valence-electron chi connectivity index (χ2n) is 5.80. The highest BCUT2D eigenvalue weighted by atomic mass is 32.2. The minimum atomic E-state index is -0.895. The Balaban J connectivity index is 1.83. The van der Waals surface area contributed by atoms with Crippen molar-refractivity contribution in [2.24, 2.45) is 0 Å². The van der Waals surface area contributed by atoms with E-state index in [1.165, 1.54) is 16.7 Å². The van der Waals surface area contributed by atoms with E-state index in [1.807, 2.05) is 29.0 Å². The molecule has 0 spiro atoms. The van der Waals surface area contributed by atoms with Crippen LogP contribution in [0.1, 0.15) is 24.1 Å². The fourth-order valence-corrected chi connectivity index (χ4v) is 3.98. The molecule has 0 saturated carbocycles. The van der Waals surface area contributed by atoms with E-state index in [2.05, 4.69) is 6.07 Å². The molecule has 1 aromatic heterocycles. The van der Waals surface area contributed by atoms with Crippen molar-refractivity contribution in [3.05, 3.63) is 58.8 Å². The summed E-state index contributed by atoms with van der Waals surface area (Å²) < 4.78 is 2.32. The van der Waals surface area contributed by atoms with Gasteiger partial charge < -0.3 is 9.67 Å². The maximum atomic E-state index is 12.6. The van der Waals surface area contributed by atoms with Crippen molar-refractivity contribution in [1.82, 2.24) is 9.47 Å². The standard InChI is InChI=1S/C19H15N3O3S2/c20-12-13-4-1-5-14(10-13)21-8-2-6-15(21)11-16-18(25)22(19(26)27-16)9-3-7-17(23)24/h1-2,4-6,8,10-11H,3,7,9H2,(H,23,24)/b16-11+. The third-order valence-corrected chi connectivity index (χ3v) is 5.34. The van der Waals surface area contributed by atoms with Gasteiger partial charge in [0.05, 0.1) is 16.5 Å².